The van der Waals surface area contributed by atoms with Gasteiger partial charge in [-0.1, -0.05) is 30.3 Å². The number of carbonyl (C=O) groups excluding carboxylic acids is 1. The third-order valence-corrected chi connectivity index (χ3v) is 5.23. The molecular formula is C20H24N4O. The SMILES string of the molecule is O=C1N(Cc2ccncc2)CC(c2ccccc2)N1C1CCNCC1. The highest BCUT2D eigenvalue weighted by molar-refractivity contribution is 5.78. The van der Waals surface area contributed by atoms with Gasteiger partial charge in [-0.05, 0) is 49.2 Å². The van der Waals surface area contributed by atoms with Crippen LogP contribution >= 0.6 is 0 Å². The monoisotopic (exact) mass is 336 g/mol. The predicted octanol–water partition coefficient (Wildman–Crippen LogP) is 2.81. The molecule has 0 bridgehead atoms. The topological polar surface area (TPSA) is 48.5 Å². The van der Waals surface area contributed by atoms with Crippen LogP contribution in [0.1, 0.15) is 30.0 Å². The lowest BCUT2D eigenvalue weighted by Crippen LogP contribution is -2.45. The Morgan fingerprint density at radius 2 is 1.76 bits per heavy atom. The maximum absolute atomic E-state index is 13.2. The second-order valence-electron chi connectivity index (χ2n) is 6.83. The number of benzene rings is 1. The van der Waals surface area contributed by atoms with Gasteiger partial charge in [0.25, 0.3) is 0 Å². The Balaban J connectivity index is 1.60. The lowest BCUT2D eigenvalue weighted by Gasteiger charge is -2.35. The molecule has 1 aromatic heterocycles. The van der Waals surface area contributed by atoms with Crippen molar-refractivity contribution >= 4 is 6.03 Å². The van der Waals surface area contributed by atoms with Crippen molar-refractivity contribution in [3.63, 3.8) is 0 Å². The van der Waals surface area contributed by atoms with Crippen LogP contribution in [0.25, 0.3) is 0 Å². The van der Waals surface area contributed by atoms with Gasteiger partial charge in [0.2, 0.25) is 0 Å². The summed E-state index contributed by atoms with van der Waals surface area (Å²) in [6, 6.07) is 15.0. The Morgan fingerprint density at radius 1 is 1.04 bits per heavy atom. The number of hydrogen-bond donors (Lipinski definition) is 1. The molecule has 3 heterocycles. The third-order valence-electron chi connectivity index (χ3n) is 5.23. The molecule has 1 N–H and O–H groups in total. The number of piperidine rings is 1. The van der Waals surface area contributed by atoms with Crippen LogP contribution in [-0.4, -0.2) is 46.5 Å². The molecule has 2 amide bonds. The Bertz CT molecular complexity index is 700. The van der Waals surface area contributed by atoms with E-state index in [1.807, 2.05) is 23.1 Å². The Kier molecular flexibility index (Phi) is 4.65. The molecule has 2 aromatic rings. The number of nitrogens with zero attached hydrogens (tertiary/aromatic N) is 3. The molecule has 4 rings (SSSR count). The van der Waals surface area contributed by atoms with Crippen LogP contribution in [0.3, 0.4) is 0 Å². The van der Waals surface area contributed by atoms with E-state index in [2.05, 4.69) is 39.5 Å². The number of aromatic nitrogens is 1. The van der Waals surface area contributed by atoms with E-state index in [1.165, 1.54) is 5.56 Å². The summed E-state index contributed by atoms with van der Waals surface area (Å²) in [6.07, 6.45) is 5.63. The van der Waals surface area contributed by atoms with Gasteiger partial charge in [-0.25, -0.2) is 4.79 Å². The summed E-state index contributed by atoms with van der Waals surface area (Å²) in [6.45, 7) is 3.36. The minimum Gasteiger partial charge on any atom is -0.318 e. The molecule has 1 unspecified atom stereocenters. The van der Waals surface area contributed by atoms with E-state index in [-0.39, 0.29) is 12.1 Å². The first-order chi connectivity index (χ1) is 12.3. The summed E-state index contributed by atoms with van der Waals surface area (Å²) in [4.78, 5) is 21.4. The molecule has 2 saturated heterocycles. The summed E-state index contributed by atoms with van der Waals surface area (Å²) < 4.78 is 0. The molecule has 2 aliphatic heterocycles. The molecule has 130 valence electrons. The number of hydrogen-bond acceptors (Lipinski definition) is 3. The first-order valence-corrected chi connectivity index (χ1v) is 9.05. The van der Waals surface area contributed by atoms with Crippen LogP contribution < -0.4 is 5.32 Å². The third kappa shape index (κ3) is 3.37. The molecule has 5 heteroatoms. The Morgan fingerprint density at radius 3 is 2.48 bits per heavy atom. The standard InChI is InChI=1S/C20H24N4O/c25-20-23(14-16-6-10-21-11-7-16)15-19(17-4-2-1-3-5-17)24(20)18-8-12-22-13-9-18/h1-7,10-11,18-19,22H,8-9,12-15H2. The minimum atomic E-state index is 0.138. The molecule has 0 saturated carbocycles. The maximum Gasteiger partial charge on any atom is 0.321 e. The van der Waals surface area contributed by atoms with Crippen molar-refractivity contribution in [2.24, 2.45) is 0 Å². The molecule has 1 atom stereocenters. The van der Waals surface area contributed by atoms with Crippen molar-refractivity contribution in [3.8, 4) is 0 Å². The zero-order valence-electron chi connectivity index (χ0n) is 14.3. The van der Waals surface area contributed by atoms with Gasteiger partial charge >= 0.3 is 6.03 Å². The summed E-state index contributed by atoms with van der Waals surface area (Å²) in [5.41, 5.74) is 2.36. The van der Waals surface area contributed by atoms with Crippen molar-refractivity contribution in [2.75, 3.05) is 19.6 Å². The van der Waals surface area contributed by atoms with Gasteiger partial charge in [0.05, 0.1) is 6.04 Å². The number of rotatable bonds is 4. The van der Waals surface area contributed by atoms with Crippen LogP contribution in [0, 0.1) is 0 Å². The average molecular weight is 336 g/mol. The van der Waals surface area contributed by atoms with E-state index in [4.69, 9.17) is 0 Å². The van der Waals surface area contributed by atoms with Gasteiger partial charge in [-0.15, -0.1) is 0 Å². The lowest BCUT2D eigenvalue weighted by molar-refractivity contribution is 0.149. The van der Waals surface area contributed by atoms with Crippen molar-refractivity contribution in [2.45, 2.75) is 31.5 Å². The fourth-order valence-electron chi connectivity index (χ4n) is 3.95. The number of amides is 2. The molecular weight excluding hydrogens is 312 g/mol. The van der Waals surface area contributed by atoms with Crippen molar-refractivity contribution in [3.05, 3.63) is 66.0 Å². The molecule has 2 fully saturated rings. The average Bonchev–Trinajstić information content (AvgIpc) is 3.00. The Hall–Kier alpha value is -2.40. The summed E-state index contributed by atoms with van der Waals surface area (Å²) in [5, 5.41) is 3.40. The normalized spacial score (nSPS) is 21.8. The second-order valence-corrected chi connectivity index (χ2v) is 6.83. The van der Waals surface area contributed by atoms with Gasteiger partial charge in [0.1, 0.15) is 0 Å². The largest absolute Gasteiger partial charge is 0.321 e. The van der Waals surface area contributed by atoms with Gasteiger partial charge in [-0.3, -0.25) is 4.98 Å². The predicted molar refractivity (Wildman–Crippen MR) is 97.0 cm³/mol. The number of urea groups is 1. The highest BCUT2D eigenvalue weighted by Gasteiger charge is 2.41. The van der Waals surface area contributed by atoms with Crippen molar-refractivity contribution in [1.29, 1.82) is 0 Å². The van der Waals surface area contributed by atoms with Crippen LogP contribution in [0.15, 0.2) is 54.9 Å². The van der Waals surface area contributed by atoms with Crippen LogP contribution in [0.5, 0.6) is 0 Å². The van der Waals surface area contributed by atoms with Crippen molar-refractivity contribution < 1.29 is 4.79 Å². The van der Waals surface area contributed by atoms with E-state index in [1.54, 1.807) is 12.4 Å². The minimum absolute atomic E-state index is 0.138. The van der Waals surface area contributed by atoms with E-state index in [9.17, 15) is 4.79 Å². The van der Waals surface area contributed by atoms with Crippen LogP contribution in [0.4, 0.5) is 4.79 Å². The van der Waals surface area contributed by atoms with Crippen molar-refractivity contribution in [1.82, 2.24) is 20.1 Å². The molecule has 0 radical (unpaired) electrons. The van der Waals surface area contributed by atoms with Crippen LogP contribution in [-0.2, 0) is 6.54 Å². The Labute approximate surface area is 148 Å². The first kappa shape index (κ1) is 16.1. The fraction of sp³-hybridized carbons (Fsp3) is 0.400. The van der Waals surface area contributed by atoms with Gasteiger partial charge in [0.15, 0.2) is 0 Å². The maximum atomic E-state index is 13.2. The molecule has 5 nitrogen and oxygen atoms in total. The lowest BCUT2D eigenvalue weighted by atomic mass is 10.00. The molecule has 0 spiro atoms. The van der Waals surface area contributed by atoms with Gasteiger partial charge in [-0.2, -0.15) is 0 Å². The molecule has 0 aliphatic carbocycles. The van der Waals surface area contributed by atoms with Gasteiger partial charge < -0.3 is 15.1 Å². The number of pyridine rings is 1. The van der Waals surface area contributed by atoms with E-state index >= 15 is 0 Å². The quantitative estimate of drug-likeness (QED) is 0.934. The molecule has 1 aromatic carbocycles. The smallest absolute Gasteiger partial charge is 0.318 e. The van der Waals surface area contributed by atoms with Crippen LogP contribution in [0.2, 0.25) is 0 Å². The van der Waals surface area contributed by atoms with E-state index in [0.717, 1.165) is 38.0 Å². The van der Waals surface area contributed by atoms with E-state index < -0.39 is 0 Å². The molecule has 25 heavy (non-hydrogen) atoms. The summed E-state index contributed by atoms with van der Waals surface area (Å²) >= 11 is 0. The fourth-order valence-corrected chi connectivity index (χ4v) is 3.95. The highest BCUT2D eigenvalue weighted by atomic mass is 16.2. The number of carbonyl (C=O) groups is 1. The first-order valence-electron chi connectivity index (χ1n) is 9.05. The number of nitrogens with one attached hydrogen (secondary N) is 1. The highest BCUT2D eigenvalue weighted by Crippen LogP contribution is 2.34. The zero-order valence-corrected chi connectivity index (χ0v) is 14.3. The van der Waals surface area contributed by atoms with E-state index in [0.29, 0.717) is 12.6 Å². The summed E-state index contributed by atoms with van der Waals surface area (Å²) in [5.74, 6) is 0. The second kappa shape index (κ2) is 7.23. The summed E-state index contributed by atoms with van der Waals surface area (Å²) in [7, 11) is 0. The van der Waals surface area contributed by atoms with Gasteiger partial charge in [0, 0.05) is 31.5 Å². The molecule has 2 aliphatic rings. The zero-order chi connectivity index (χ0) is 17.1.